The highest BCUT2D eigenvalue weighted by Gasteiger charge is 2.20. The molecule has 142 valence electrons. The number of thiophene rings is 1. The molecule has 1 aliphatic rings. The molecule has 27 heavy (non-hydrogen) atoms. The van der Waals surface area contributed by atoms with Crippen molar-refractivity contribution in [3.63, 3.8) is 0 Å². The SMILES string of the molecule is CS(=O)(=O)Nc1cccc(-c2csc3c(N4CCOCC4)nc(Cl)nc23)c1. The maximum Gasteiger partial charge on any atom is 0.229 e. The van der Waals surface area contributed by atoms with Crippen LogP contribution in [0.3, 0.4) is 0 Å². The molecule has 1 aromatic carbocycles. The number of morpholine rings is 1. The van der Waals surface area contributed by atoms with Crippen LogP contribution in [0, 0.1) is 0 Å². The lowest BCUT2D eigenvalue weighted by Crippen LogP contribution is -2.36. The molecule has 4 rings (SSSR count). The highest BCUT2D eigenvalue weighted by Crippen LogP contribution is 2.38. The van der Waals surface area contributed by atoms with Gasteiger partial charge in [0.15, 0.2) is 5.82 Å². The van der Waals surface area contributed by atoms with Crippen molar-refractivity contribution in [2.24, 2.45) is 0 Å². The van der Waals surface area contributed by atoms with Gasteiger partial charge < -0.3 is 9.64 Å². The number of halogens is 1. The molecule has 3 heterocycles. The van der Waals surface area contributed by atoms with E-state index < -0.39 is 10.0 Å². The topological polar surface area (TPSA) is 84.4 Å². The van der Waals surface area contributed by atoms with Crippen LogP contribution < -0.4 is 9.62 Å². The van der Waals surface area contributed by atoms with E-state index in [1.165, 1.54) is 0 Å². The fourth-order valence-corrected chi connectivity index (χ4v) is 4.79. The molecule has 0 saturated carbocycles. The quantitative estimate of drug-likeness (QED) is 0.647. The lowest BCUT2D eigenvalue weighted by molar-refractivity contribution is 0.122. The summed E-state index contributed by atoms with van der Waals surface area (Å²) in [5.41, 5.74) is 3.02. The number of rotatable bonds is 4. The Morgan fingerprint density at radius 2 is 2.04 bits per heavy atom. The molecule has 0 radical (unpaired) electrons. The van der Waals surface area contributed by atoms with Crippen LogP contribution in [0.15, 0.2) is 29.6 Å². The zero-order valence-electron chi connectivity index (χ0n) is 14.5. The minimum atomic E-state index is -3.35. The predicted octanol–water partition coefficient (Wildman–Crippen LogP) is 3.22. The number of fused-ring (bicyclic) bond motifs is 1. The molecule has 0 spiro atoms. The number of hydrogen-bond donors (Lipinski definition) is 1. The summed E-state index contributed by atoms with van der Waals surface area (Å²) in [5.74, 6) is 0.815. The first-order valence-electron chi connectivity index (χ1n) is 8.26. The molecule has 0 amide bonds. The Morgan fingerprint density at radius 1 is 1.26 bits per heavy atom. The predicted molar refractivity (Wildman–Crippen MR) is 109 cm³/mol. The van der Waals surface area contributed by atoms with Gasteiger partial charge in [-0.1, -0.05) is 12.1 Å². The van der Waals surface area contributed by atoms with Crippen LogP contribution >= 0.6 is 22.9 Å². The largest absolute Gasteiger partial charge is 0.378 e. The molecule has 0 unspecified atom stereocenters. The molecule has 10 heteroatoms. The molecule has 3 aromatic rings. The van der Waals surface area contributed by atoms with Gasteiger partial charge in [0, 0.05) is 29.7 Å². The first-order chi connectivity index (χ1) is 12.9. The summed E-state index contributed by atoms with van der Waals surface area (Å²) in [6.07, 6.45) is 1.13. The number of hydrogen-bond acceptors (Lipinski definition) is 7. The Morgan fingerprint density at radius 3 is 2.78 bits per heavy atom. The Labute approximate surface area is 166 Å². The van der Waals surface area contributed by atoms with Crippen molar-refractivity contribution < 1.29 is 13.2 Å². The monoisotopic (exact) mass is 424 g/mol. The molecule has 2 aromatic heterocycles. The standard InChI is InChI=1S/C17H17ClN4O3S2/c1-27(23,24)21-12-4-2-3-11(9-12)13-10-26-15-14(13)19-17(18)20-16(15)22-5-7-25-8-6-22/h2-4,9-10,21H,5-8H2,1H3. The van der Waals surface area contributed by atoms with Crippen LogP contribution in [0.4, 0.5) is 11.5 Å². The summed E-state index contributed by atoms with van der Waals surface area (Å²) in [4.78, 5) is 11.0. The molecule has 1 aliphatic heterocycles. The van der Waals surface area contributed by atoms with Gasteiger partial charge in [-0.25, -0.2) is 13.4 Å². The van der Waals surface area contributed by atoms with E-state index in [1.54, 1.807) is 29.5 Å². The minimum absolute atomic E-state index is 0.189. The Balaban J connectivity index is 1.80. The molecule has 0 bridgehead atoms. The fraction of sp³-hybridized carbons (Fsp3) is 0.294. The van der Waals surface area contributed by atoms with E-state index >= 15 is 0 Å². The second kappa shape index (κ2) is 7.23. The van der Waals surface area contributed by atoms with Crippen molar-refractivity contribution in [1.29, 1.82) is 0 Å². The molecule has 0 aliphatic carbocycles. The van der Waals surface area contributed by atoms with Gasteiger partial charge in [-0.15, -0.1) is 11.3 Å². The van der Waals surface area contributed by atoms with Crippen LogP contribution in [0.5, 0.6) is 0 Å². The van der Waals surface area contributed by atoms with E-state index in [-0.39, 0.29) is 5.28 Å². The summed E-state index contributed by atoms with van der Waals surface area (Å²) >= 11 is 7.76. The van der Waals surface area contributed by atoms with Gasteiger partial charge in [0.25, 0.3) is 0 Å². The summed E-state index contributed by atoms with van der Waals surface area (Å²) in [6.45, 7) is 2.81. The molecular weight excluding hydrogens is 408 g/mol. The average Bonchev–Trinajstić information content (AvgIpc) is 3.04. The third-order valence-corrected chi connectivity index (χ3v) is 5.90. The first kappa shape index (κ1) is 18.4. The maximum atomic E-state index is 11.5. The van der Waals surface area contributed by atoms with Gasteiger partial charge in [0.1, 0.15) is 0 Å². The smallest absolute Gasteiger partial charge is 0.229 e. The normalized spacial score (nSPS) is 15.3. The van der Waals surface area contributed by atoms with E-state index in [0.717, 1.165) is 46.5 Å². The van der Waals surface area contributed by atoms with E-state index in [9.17, 15) is 8.42 Å². The van der Waals surface area contributed by atoms with Crippen molar-refractivity contribution in [2.75, 3.05) is 42.2 Å². The van der Waals surface area contributed by atoms with E-state index in [4.69, 9.17) is 16.3 Å². The lowest BCUT2D eigenvalue weighted by atomic mass is 10.1. The number of nitrogens with zero attached hydrogens (tertiary/aromatic N) is 3. The van der Waals surface area contributed by atoms with Crippen LogP contribution in [0.1, 0.15) is 0 Å². The number of ether oxygens (including phenoxy) is 1. The Kier molecular flexibility index (Phi) is 4.94. The minimum Gasteiger partial charge on any atom is -0.378 e. The summed E-state index contributed by atoms with van der Waals surface area (Å²) < 4.78 is 31.9. The van der Waals surface area contributed by atoms with Crippen molar-refractivity contribution >= 4 is 54.7 Å². The van der Waals surface area contributed by atoms with Crippen molar-refractivity contribution in [3.05, 3.63) is 34.9 Å². The molecule has 1 saturated heterocycles. The maximum absolute atomic E-state index is 11.5. The van der Waals surface area contributed by atoms with Gasteiger partial charge in [0.05, 0.1) is 29.7 Å². The number of anilines is 2. The van der Waals surface area contributed by atoms with E-state index in [2.05, 4.69) is 19.6 Å². The zero-order chi connectivity index (χ0) is 19.0. The first-order valence-corrected chi connectivity index (χ1v) is 11.4. The third-order valence-electron chi connectivity index (χ3n) is 4.16. The van der Waals surface area contributed by atoms with Gasteiger partial charge in [-0.2, -0.15) is 4.98 Å². The molecular formula is C17H17ClN4O3S2. The Bertz CT molecular complexity index is 1090. The number of nitrogens with one attached hydrogen (secondary N) is 1. The van der Waals surface area contributed by atoms with E-state index in [0.29, 0.717) is 18.9 Å². The third kappa shape index (κ3) is 4.01. The van der Waals surface area contributed by atoms with Crippen molar-refractivity contribution in [1.82, 2.24) is 9.97 Å². The van der Waals surface area contributed by atoms with Crippen LogP contribution in [0.2, 0.25) is 5.28 Å². The second-order valence-electron chi connectivity index (χ2n) is 6.20. The van der Waals surface area contributed by atoms with Crippen LogP contribution in [0.25, 0.3) is 21.3 Å². The molecule has 7 nitrogen and oxygen atoms in total. The van der Waals surface area contributed by atoms with Crippen molar-refractivity contribution in [2.45, 2.75) is 0 Å². The lowest BCUT2D eigenvalue weighted by Gasteiger charge is -2.28. The highest BCUT2D eigenvalue weighted by atomic mass is 35.5. The Hall–Kier alpha value is -1.94. The zero-order valence-corrected chi connectivity index (χ0v) is 16.9. The highest BCUT2D eigenvalue weighted by molar-refractivity contribution is 7.92. The molecule has 0 atom stereocenters. The fourth-order valence-electron chi connectivity index (χ4n) is 3.04. The second-order valence-corrected chi connectivity index (χ2v) is 9.16. The van der Waals surface area contributed by atoms with E-state index in [1.807, 2.05) is 11.4 Å². The summed E-state index contributed by atoms with van der Waals surface area (Å²) in [7, 11) is -3.35. The van der Waals surface area contributed by atoms with Gasteiger partial charge >= 0.3 is 0 Å². The average molecular weight is 425 g/mol. The molecule has 1 fully saturated rings. The van der Waals surface area contributed by atoms with Crippen LogP contribution in [-0.4, -0.2) is 50.9 Å². The van der Waals surface area contributed by atoms with Gasteiger partial charge in [-0.05, 0) is 29.3 Å². The number of sulfonamides is 1. The summed E-state index contributed by atoms with van der Waals surface area (Å²) in [5, 5.41) is 2.19. The van der Waals surface area contributed by atoms with Crippen molar-refractivity contribution in [3.8, 4) is 11.1 Å². The van der Waals surface area contributed by atoms with Gasteiger partial charge in [-0.3, -0.25) is 4.72 Å². The van der Waals surface area contributed by atoms with Gasteiger partial charge in [0.2, 0.25) is 15.3 Å². The molecule has 1 N–H and O–H groups in total. The number of aromatic nitrogens is 2. The van der Waals surface area contributed by atoms with Crippen LogP contribution in [-0.2, 0) is 14.8 Å². The number of benzene rings is 1. The summed E-state index contributed by atoms with van der Waals surface area (Å²) in [6, 6.07) is 7.21.